The Bertz CT molecular complexity index is 134. The van der Waals surface area contributed by atoms with Crippen molar-refractivity contribution in [2.75, 3.05) is 0 Å². The first-order valence-electron chi connectivity index (χ1n) is 2.16. The molecule has 3 nitrogen and oxygen atoms in total. The van der Waals surface area contributed by atoms with Crippen molar-refractivity contribution in [2.45, 2.75) is 6.92 Å². The summed E-state index contributed by atoms with van der Waals surface area (Å²) in [7, 11) is 0. The summed E-state index contributed by atoms with van der Waals surface area (Å²) in [6, 6.07) is 0. The molecule has 0 rings (SSSR count). The first-order valence-corrected chi connectivity index (χ1v) is 2.16. The van der Waals surface area contributed by atoms with E-state index in [2.05, 4.69) is 17.9 Å². The van der Waals surface area contributed by atoms with E-state index in [0.29, 0.717) is 5.57 Å². The molecule has 0 aliphatic rings. The molecular formula is C6H12ClNO2. The van der Waals surface area contributed by atoms with E-state index in [1.165, 1.54) is 0 Å². The Morgan fingerprint density at radius 3 is 2.10 bits per heavy atom. The topological polar surface area (TPSA) is 61.3 Å². The molecule has 3 N–H and O–H groups in total. The SMILES string of the molecule is C=COC(=O)C(=C)C.Cl.N. The predicted molar refractivity (Wildman–Crippen MR) is 43.4 cm³/mol. The van der Waals surface area contributed by atoms with Gasteiger partial charge in [0.25, 0.3) is 0 Å². The van der Waals surface area contributed by atoms with Crippen LogP contribution in [0.5, 0.6) is 0 Å². The Labute approximate surface area is 66.7 Å². The maximum atomic E-state index is 10.3. The highest BCUT2D eigenvalue weighted by atomic mass is 35.5. The summed E-state index contributed by atoms with van der Waals surface area (Å²) in [5.74, 6) is -0.431. The Hall–Kier alpha value is -0.800. The summed E-state index contributed by atoms with van der Waals surface area (Å²) in [6.45, 7) is 8.13. The number of carbonyl (C=O) groups is 1. The summed E-state index contributed by atoms with van der Waals surface area (Å²) in [5.41, 5.74) is 0.380. The van der Waals surface area contributed by atoms with E-state index in [-0.39, 0.29) is 18.6 Å². The van der Waals surface area contributed by atoms with Crippen molar-refractivity contribution in [2.24, 2.45) is 0 Å². The van der Waals surface area contributed by atoms with Crippen LogP contribution in [0.4, 0.5) is 0 Å². The second-order valence-electron chi connectivity index (χ2n) is 1.35. The number of carbonyl (C=O) groups excluding carboxylic acids is 1. The Balaban J connectivity index is -0.000000245. The zero-order chi connectivity index (χ0) is 6.57. The summed E-state index contributed by atoms with van der Waals surface area (Å²) < 4.78 is 4.33. The van der Waals surface area contributed by atoms with Gasteiger partial charge in [-0.1, -0.05) is 13.2 Å². The van der Waals surface area contributed by atoms with Gasteiger partial charge in [-0.2, -0.15) is 0 Å². The van der Waals surface area contributed by atoms with E-state index >= 15 is 0 Å². The summed E-state index contributed by atoms with van der Waals surface area (Å²) in [6.07, 6.45) is 1.08. The average molecular weight is 166 g/mol. The van der Waals surface area contributed by atoms with Crippen LogP contribution < -0.4 is 6.15 Å². The van der Waals surface area contributed by atoms with Gasteiger partial charge in [-0.05, 0) is 6.92 Å². The minimum atomic E-state index is -0.431. The number of esters is 1. The highest BCUT2D eigenvalue weighted by molar-refractivity contribution is 5.87. The highest BCUT2D eigenvalue weighted by Crippen LogP contribution is 1.90. The van der Waals surface area contributed by atoms with E-state index in [0.717, 1.165) is 6.26 Å². The smallest absolute Gasteiger partial charge is 0.337 e. The molecule has 0 aromatic carbocycles. The van der Waals surface area contributed by atoms with Gasteiger partial charge < -0.3 is 10.9 Å². The number of rotatable bonds is 2. The molecule has 0 bridgehead atoms. The molecule has 0 spiro atoms. The second kappa shape index (κ2) is 8.20. The van der Waals surface area contributed by atoms with Crippen LogP contribution in [0.25, 0.3) is 0 Å². The van der Waals surface area contributed by atoms with E-state index in [9.17, 15) is 4.79 Å². The van der Waals surface area contributed by atoms with Crippen molar-refractivity contribution < 1.29 is 9.53 Å². The van der Waals surface area contributed by atoms with Gasteiger partial charge >= 0.3 is 5.97 Å². The standard InChI is InChI=1S/C6H8O2.ClH.H3N/c1-4-8-6(7)5(2)3;;/h4H,1-2H2,3H3;1H;1H3. The first kappa shape index (κ1) is 16.1. The van der Waals surface area contributed by atoms with Gasteiger partial charge in [0.15, 0.2) is 0 Å². The maximum Gasteiger partial charge on any atom is 0.337 e. The summed E-state index contributed by atoms with van der Waals surface area (Å²) >= 11 is 0. The van der Waals surface area contributed by atoms with E-state index in [1.54, 1.807) is 6.92 Å². The monoisotopic (exact) mass is 165 g/mol. The van der Waals surface area contributed by atoms with Crippen molar-refractivity contribution >= 4 is 18.4 Å². The van der Waals surface area contributed by atoms with Crippen molar-refractivity contribution in [3.63, 3.8) is 0 Å². The molecular weight excluding hydrogens is 154 g/mol. The van der Waals surface area contributed by atoms with Crippen LogP contribution in [0.1, 0.15) is 6.92 Å². The fourth-order valence-corrected chi connectivity index (χ4v) is 0.176. The lowest BCUT2D eigenvalue weighted by molar-refractivity contribution is -0.133. The molecule has 0 unspecified atom stereocenters. The fourth-order valence-electron chi connectivity index (χ4n) is 0.176. The Morgan fingerprint density at radius 2 is 2.00 bits per heavy atom. The molecule has 10 heavy (non-hydrogen) atoms. The van der Waals surface area contributed by atoms with Gasteiger partial charge in [0, 0.05) is 5.57 Å². The molecule has 0 radical (unpaired) electrons. The molecule has 0 aromatic heterocycles. The molecule has 4 heteroatoms. The number of hydrogen-bond acceptors (Lipinski definition) is 3. The van der Waals surface area contributed by atoms with E-state index in [1.807, 2.05) is 0 Å². The Kier molecular flexibility index (Phi) is 13.2. The van der Waals surface area contributed by atoms with Crippen LogP contribution >= 0.6 is 12.4 Å². The molecule has 0 saturated heterocycles. The van der Waals surface area contributed by atoms with Gasteiger partial charge in [-0.3, -0.25) is 0 Å². The van der Waals surface area contributed by atoms with Gasteiger partial charge in [-0.15, -0.1) is 12.4 Å². The molecule has 0 heterocycles. The van der Waals surface area contributed by atoms with Crippen LogP contribution in [-0.2, 0) is 9.53 Å². The first-order chi connectivity index (χ1) is 3.68. The van der Waals surface area contributed by atoms with Crippen LogP contribution in [0, 0.1) is 0 Å². The van der Waals surface area contributed by atoms with Crippen molar-refractivity contribution in [3.05, 3.63) is 25.0 Å². The van der Waals surface area contributed by atoms with Crippen LogP contribution in [0.3, 0.4) is 0 Å². The lowest BCUT2D eigenvalue weighted by atomic mass is 10.4. The highest BCUT2D eigenvalue weighted by Gasteiger charge is 1.97. The quantitative estimate of drug-likeness (QED) is 0.386. The Morgan fingerprint density at radius 1 is 1.60 bits per heavy atom. The zero-order valence-corrected chi connectivity index (χ0v) is 6.74. The van der Waals surface area contributed by atoms with E-state index < -0.39 is 5.97 Å². The lowest BCUT2D eigenvalue weighted by Crippen LogP contribution is -1.98. The minimum absolute atomic E-state index is 0. The third-order valence-corrected chi connectivity index (χ3v) is 0.539. The van der Waals surface area contributed by atoms with Gasteiger partial charge in [0.05, 0.1) is 6.26 Å². The third-order valence-electron chi connectivity index (χ3n) is 0.539. The molecule has 0 aliphatic carbocycles. The summed E-state index contributed by atoms with van der Waals surface area (Å²) in [5, 5.41) is 0. The predicted octanol–water partition coefficient (Wildman–Crippen LogP) is 1.83. The number of ether oxygens (including phenoxy) is 1. The van der Waals surface area contributed by atoms with Crippen LogP contribution in [0.15, 0.2) is 25.0 Å². The van der Waals surface area contributed by atoms with Crippen molar-refractivity contribution in [3.8, 4) is 0 Å². The fraction of sp³-hybridized carbons (Fsp3) is 0.167. The maximum absolute atomic E-state index is 10.3. The number of hydrogen-bond donors (Lipinski definition) is 1. The largest absolute Gasteiger partial charge is 0.432 e. The van der Waals surface area contributed by atoms with Gasteiger partial charge in [-0.25, -0.2) is 4.79 Å². The average Bonchev–Trinajstić information content (AvgIpc) is 1.67. The molecule has 60 valence electrons. The third kappa shape index (κ3) is 7.20. The van der Waals surface area contributed by atoms with Crippen molar-refractivity contribution in [1.82, 2.24) is 6.15 Å². The molecule has 0 atom stereocenters. The van der Waals surface area contributed by atoms with Crippen molar-refractivity contribution in [1.29, 1.82) is 0 Å². The van der Waals surface area contributed by atoms with E-state index in [4.69, 9.17) is 0 Å². The normalized spacial score (nSPS) is 6.10. The zero-order valence-electron chi connectivity index (χ0n) is 5.92. The number of halogens is 1. The van der Waals surface area contributed by atoms with Crippen LogP contribution in [-0.4, -0.2) is 5.97 Å². The molecule has 0 saturated carbocycles. The molecule has 0 aromatic rings. The molecule has 0 fully saturated rings. The molecule has 0 aliphatic heterocycles. The minimum Gasteiger partial charge on any atom is -0.432 e. The van der Waals surface area contributed by atoms with Crippen LogP contribution in [0.2, 0.25) is 0 Å². The molecule has 0 amide bonds. The van der Waals surface area contributed by atoms with Gasteiger partial charge in [0.1, 0.15) is 0 Å². The summed E-state index contributed by atoms with van der Waals surface area (Å²) in [4.78, 5) is 10.3. The lowest BCUT2D eigenvalue weighted by Gasteiger charge is -1.92. The second-order valence-corrected chi connectivity index (χ2v) is 1.35. The van der Waals surface area contributed by atoms with Gasteiger partial charge in [0.2, 0.25) is 0 Å².